The third-order valence-corrected chi connectivity index (χ3v) is 3.11. The Labute approximate surface area is 117 Å². The number of nitrogens with one attached hydrogen (secondary N) is 2. The lowest BCUT2D eigenvalue weighted by atomic mass is 10.1. The van der Waals surface area contributed by atoms with Gasteiger partial charge in [0.25, 0.3) is 0 Å². The summed E-state index contributed by atoms with van der Waals surface area (Å²) in [5, 5.41) is 15.0. The maximum Gasteiger partial charge on any atom is 0.237 e. The predicted octanol–water partition coefficient (Wildman–Crippen LogP) is 0.895. The Hall–Kier alpha value is -1.17. The largest absolute Gasteiger partial charge is 0.392 e. The number of benzene rings is 1. The molecule has 4 nitrogen and oxygen atoms in total. The zero-order valence-electron chi connectivity index (χ0n) is 10.6. The number of aliphatic hydroxyl groups excluding tert-OH is 1. The standard InChI is InChI=1S/C13H17FN2O2.ClH/c1-8-4-9(2-3-11(8)14)6-16-13(18)12-5-10(17)7-15-12;/h2-4,10,12,15,17H,5-7H2,1H3,(H,16,18);1H. The van der Waals surface area contributed by atoms with E-state index in [1.165, 1.54) is 6.07 Å². The molecular weight excluding hydrogens is 271 g/mol. The van der Waals surface area contributed by atoms with E-state index < -0.39 is 6.10 Å². The van der Waals surface area contributed by atoms with Crippen LogP contribution < -0.4 is 10.6 Å². The fourth-order valence-electron chi connectivity index (χ4n) is 2.05. The van der Waals surface area contributed by atoms with Crippen LogP contribution in [0.5, 0.6) is 0 Å². The first kappa shape index (κ1) is 15.9. The van der Waals surface area contributed by atoms with Crippen LogP contribution in [0.1, 0.15) is 17.5 Å². The molecule has 1 aromatic rings. The van der Waals surface area contributed by atoms with Crippen LogP contribution in [0.3, 0.4) is 0 Å². The summed E-state index contributed by atoms with van der Waals surface area (Å²) in [4.78, 5) is 11.8. The number of hydrogen-bond acceptors (Lipinski definition) is 3. The van der Waals surface area contributed by atoms with E-state index in [9.17, 15) is 14.3 Å². The van der Waals surface area contributed by atoms with E-state index in [1.807, 2.05) is 0 Å². The van der Waals surface area contributed by atoms with Gasteiger partial charge in [0, 0.05) is 13.1 Å². The third kappa shape index (κ3) is 4.16. The molecule has 106 valence electrons. The Morgan fingerprint density at radius 1 is 1.58 bits per heavy atom. The fraction of sp³-hybridized carbons (Fsp3) is 0.462. The minimum Gasteiger partial charge on any atom is -0.392 e. The van der Waals surface area contributed by atoms with Gasteiger partial charge in [0.2, 0.25) is 5.91 Å². The van der Waals surface area contributed by atoms with Crippen LogP contribution in [0.2, 0.25) is 0 Å². The Bertz CT molecular complexity index is 456. The lowest BCUT2D eigenvalue weighted by Crippen LogP contribution is -2.40. The van der Waals surface area contributed by atoms with Gasteiger partial charge in [-0.2, -0.15) is 0 Å². The summed E-state index contributed by atoms with van der Waals surface area (Å²) in [7, 11) is 0. The summed E-state index contributed by atoms with van der Waals surface area (Å²) in [6.07, 6.45) is -0.0114. The van der Waals surface area contributed by atoms with Crippen LogP contribution in [0.4, 0.5) is 4.39 Å². The first-order chi connectivity index (χ1) is 8.56. The van der Waals surface area contributed by atoms with Crippen LogP contribution in [0, 0.1) is 12.7 Å². The molecule has 6 heteroatoms. The van der Waals surface area contributed by atoms with Crippen molar-refractivity contribution in [3.8, 4) is 0 Å². The molecule has 0 radical (unpaired) electrons. The minimum absolute atomic E-state index is 0. The van der Waals surface area contributed by atoms with Gasteiger partial charge < -0.3 is 15.7 Å². The van der Waals surface area contributed by atoms with Gasteiger partial charge in [0.15, 0.2) is 0 Å². The summed E-state index contributed by atoms with van der Waals surface area (Å²) in [5.41, 5.74) is 1.43. The highest BCUT2D eigenvalue weighted by Crippen LogP contribution is 2.10. The lowest BCUT2D eigenvalue weighted by molar-refractivity contribution is -0.123. The quantitative estimate of drug-likeness (QED) is 0.774. The molecule has 0 aliphatic carbocycles. The minimum atomic E-state index is -0.450. The summed E-state index contributed by atoms with van der Waals surface area (Å²) in [6.45, 7) is 2.51. The Morgan fingerprint density at radius 2 is 2.32 bits per heavy atom. The Balaban J connectivity index is 0.00000180. The number of aliphatic hydroxyl groups is 1. The summed E-state index contributed by atoms with van der Waals surface area (Å²) >= 11 is 0. The van der Waals surface area contributed by atoms with Gasteiger partial charge in [-0.1, -0.05) is 12.1 Å². The molecule has 2 unspecified atom stereocenters. The van der Waals surface area contributed by atoms with Crippen molar-refractivity contribution in [3.63, 3.8) is 0 Å². The number of rotatable bonds is 3. The maximum absolute atomic E-state index is 13.1. The van der Waals surface area contributed by atoms with Crippen LogP contribution in [0.25, 0.3) is 0 Å². The highest BCUT2D eigenvalue weighted by molar-refractivity contribution is 5.85. The number of hydrogen-bond donors (Lipinski definition) is 3. The molecular formula is C13H18ClFN2O2. The van der Waals surface area contributed by atoms with Crippen molar-refractivity contribution in [1.29, 1.82) is 0 Å². The predicted molar refractivity (Wildman–Crippen MR) is 72.6 cm³/mol. The topological polar surface area (TPSA) is 61.4 Å². The highest BCUT2D eigenvalue weighted by atomic mass is 35.5. The molecule has 0 spiro atoms. The molecule has 1 amide bonds. The Kier molecular flexibility index (Phi) is 5.72. The van der Waals surface area contributed by atoms with Gasteiger partial charge in [-0.25, -0.2) is 4.39 Å². The molecule has 3 N–H and O–H groups in total. The average Bonchev–Trinajstić information content (AvgIpc) is 2.77. The van der Waals surface area contributed by atoms with Crippen molar-refractivity contribution in [3.05, 3.63) is 35.1 Å². The molecule has 1 aromatic carbocycles. The molecule has 0 aromatic heterocycles. The molecule has 1 aliphatic heterocycles. The third-order valence-electron chi connectivity index (χ3n) is 3.11. The SMILES string of the molecule is Cc1cc(CNC(=O)C2CC(O)CN2)ccc1F.Cl. The van der Waals surface area contributed by atoms with Crippen LogP contribution >= 0.6 is 12.4 Å². The van der Waals surface area contributed by atoms with Crippen molar-refractivity contribution >= 4 is 18.3 Å². The van der Waals surface area contributed by atoms with Crippen molar-refractivity contribution in [1.82, 2.24) is 10.6 Å². The monoisotopic (exact) mass is 288 g/mol. The van der Waals surface area contributed by atoms with Gasteiger partial charge in [-0.15, -0.1) is 12.4 Å². The summed E-state index contributed by atoms with van der Waals surface area (Å²) < 4.78 is 13.1. The number of aryl methyl sites for hydroxylation is 1. The van der Waals surface area contributed by atoms with Crippen molar-refractivity contribution in [2.75, 3.05) is 6.54 Å². The highest BCUT2D eigenvalue weighted by Gasteiger charge is 2.27. The zero-order valence-corrected chi connectivity index (χ0v) is 11.5. The summed E-state index contributed by atoms with van der Waals surface area (Å²) in [5.74, 6) is -0.376. The first-order valence-corrected chi connectivity index (χ1v) is 6.00. The van der Waals surface area contributed by atoms with Gasteiger partial charge in [0.05, 0.1) is 12.1 Å². The van der Waals surface area contributed by atoms with Crippen molar-refractivity contribution in [2.45, 2.75) is 32.0 Å². The zero-order chi connectivity index (χ0) is 13.1. The van der Waals surface area contributed by atoms with Crippen LogP contribution in [-0.2, 0) is 11.3 Å². The second kappa shape index (κ2) is 6.84. The molecule has 1 saturated heterocycles. The molecule has 0 saturated carbocycles. The van der Waals surface area contributed by atoms with E-state index in [4.69, 9.17) is 0 Å². The molecule has 1 fully saturated rings. The number of β-amino-alcohol motifs (C(OH)–C–C–N with tert-alkyl or cyclic N) is 1. The van der Waals surface area contributed by atoms with Gasteiger partial charge in [0.1, 0.15) is 5.82 Å². The second-order valence-corrected chi connectivity index (χ2v) is 4.65. The van der Waals surface area contributed by atoms with Crippen LogP contribution in [-0.4, -0.2) is 29.7 Å². The van der Waals surface area contributed by atoms with E-state index >= 15 is 0 Å². The van der Waals surface area contributed by atoms with Gasteiger partial charge in [-0.05, 0) is 30.5 Å². The van der Waals surface area contributed by atoms with Crippen molar-refractivity contribution in [2.24, 2.45) is 0 Å². The maximum atomic E-state index is 13.1. The second-order valence-electron chi connectivity index (χ2n) is 4.65. The Morgan fingerprint density at radius 3 is 2.89 bits per heavy atom. The molecule has 1 aliphatic rings. The van der Waals surface area contributed by atoms with Gasteiger partial charge >= 0.3 is 0 Å². The number of amides is 1. The van der Waals surface area contributed by atoms with Crippen LogP contribution in [0.15, 0.2) is 18.2 Å². The molecule has 0 bridgehead atoms. The molecule has 2 rings (SSSR count). The fourth-order valence-corrected chi connectivity index (χ4v) is 2.05. The number of carbonyl (C=O) groups excluding carboxylic acids is 1. The van der Waals surface area contributed by atoms with E-state index in [2.05, 4.69) is 10.6 Å². The van der Waals surface area contributed by atoms with E-state index in [0.717, 1.165) is 5.56 Å². The molecule has 1 heterocycles. The molecule has 19 heavy (non-hydrogen) atoms. The number of halogens is 2. The summed E-state index contributed by atoms with van der Waals surface area (Å²) in [6, 6.07) is 4.43. The van der Waals surface area contributed by atoms with Crippen molar-refractivity contribution < 1.29 is 14.3 Å². The smallest absolute Gasteiger partial charge is 0.237 e. The average molecular weight is 289 g/mol. The first-order valence-electron chi connectivity index (χ1n) is 6.00. The van der Waals surface area contributed by atoms with E-state index in [-0.39, 0.29) is 30.2 Å². The lowest BCUT2D eigenvalue weighted by Gasteiger charge is -2.11. The molecule has 2 atom stereocenters. The van der Waals surface area contributed by atoms with E-state index in [0.29, 0.717) is 25.1 Å². The van der Waals surface area contributed by atoms with E-state index in [1.54, 1.807) is 19.1 Å². The van der Waals surface area contributed by atoms with Gasteiger partial charge in [-0.3, -0.25) is 4.79 Å². The number of carbonyl (C=O) groups is 1. The normalized spacial score (nSPS) is 21.8.